The van der Waals surface area contributed by atoms with Crippen LogP contribution in [0.2, 0.25) is 0 Å². The molecular formula is C23H30FN3O3S. The fraction of sp³-hybridized carbons (Fsp3) is 0.652. The van der Waals surface area contributed by atoms with E-state index < -0.39 is 0 Å². The summed E-state index contributed by atoms with van der Waals surface area (Å²) in [5.74, 6) is 0.800. The number of hydrogen-bond donors (Lipinski definition) is 1. The maximum Gasteiger partial charge on any atom is 0.218 e. The number of primary amides is 1. The molecule has 31 heavy (non-hydrogen) atoms. The van der Waals surface area contributed by atoms with Crippen LogP contribution in [0.4, 0.5) is 4.39 Å². The van der Waals surface area contributed by atoms with Crippen LogP contribution >= 0.6 is 11.3 Å². The van der Waals surface area contributed by atoms with Crippen molar-refractivity contribution in [3.05, 3.63) is 22.7 Å². The minimum Gasteiger partial charge on any atom is -0.490 e. The third-order valence-electron chi connectivity index (χ3n) is 7.10. The number of nitrogens with two attached hydrogens (primary N) is 1. The highest BCUT2D eigenvalue weighted by Crippen LogP contribution is 2.48. The normalized spacial score (nSPS) is 29.2. The maximum absolute atomic E-state index is 13.4. The monoisotopic (exact) mass is 447 g/mol. The molecule has 6 nitrogen and oxygen atoms in total. The number of alkyl halides is 1. The van der Waals surface area contributed by atoms with Gasteiger partial charge in [0.05, 0.1) is 30.7 Å². The molecule has 0 radical (unpaired) electrons. The van der Waals surface area contributed by atoms with Gasteiger partial charge in [0.1, 0.15) is 17.3 Å². The zero-order valence-electron chi connectivity index (χ0n) is 17.7. The second-order valence-electron chi connectivity index (χ2n) is 9.00. The van der Waals surface area contributed by atoms with Crippen LogP contribution in [-0.2, 0) is 16.0 Å². The van der Waals surface area contributed by atoms with E-state index in [1.54, 1.807) is 11.3 Å². The highest BCUT2D eigenvalue weighted by Gasteiger charge is 2.34. The Balaban J connectivity index is 1.30. The number of morpholine rings is 1. The summed E-state index contributed by atoms with van der Waals surface area (Å²) in [5, 5.41) is 1.08. The zero-order valence-corrected chi connectivity index (χ0v) is 18.5. The number of aromatic nitrogens is 1. The molecule has 1 saturated carbocycles. The second kappa shape index (κ2) is 9.00. The summed E-state index contributed by atoms with van der Waals surface area (Å²) in [6.45, 7) is 1.66. The molecule has 2 fully saturated rings. The minimum absolute atomic E-state index is 0.105. The lowest BCUT2D eigenvalue weighted by Crippen LogP contribution is -2.53. The molecule has 2 aromatic heterocycles. The number of rotatable bonds is 6. The highest BCUT2D eigenvalue weighted by atomic mass is 32.1. The lowest BCUT2D eigenvalue weighted by Gasteiger charge is -2.42. The Hall–Kier alpha value is -1.77. The summed E-state index contributed by atoms with van der Waals surface area (Å²) < 4.78 is 25.4. The Labute approximate surface area is 185 Å². The predicted molar refractivity (Wildman–Crippen MR) is 118 cm³/mol. The number of amides is 1. The number of carbonyl (C=O) groups is 1. The summed E-state index contributed by atoms with van der Waals surface area (Å²) in [6, 6.07) is 2.27. The van der Waals surface area contributed by atoms with E-state index in [1.165, 1.54) is 10.4 Å². The minimum atomic E-state index is -0.346. The van der Waals surface area contributed by atoms with Gasteiger partial charge in [0, 0.05) is 30.1 Å². The van der Waals surface area contributed by atoms with Gasteiger partial charge in [-0.2, -0.15) is 0 Å². The first-order valence-electron chi connectivity index (χ1n) is 11.4. The van der Waals surface area contributed by atoms with Gasteiger partial charge < -0.3 is 15.2 Å². The van der Waals surface area contributed by atoms with Crippen LogP contribution in [0.5, 0.6) is 5.75 Å². The summed E-state index contributed by atoms with van der Waals surface area (Å²) in [6.07, 6.45) is 8.25. The van der Waals surface area contributed by atoms with Gasteiger partial charge in [-0.05, 0) is 56.1 Å². The molecule has 3 heterocycles. The molecule has 2 atom stereocenters. The average molecular weight is 448 g/mol. The van der Waals surface area contributed by atoms with E-state index in [9.17, 15) is 9.18 Å². The molecule has 168 valence electrons. The van der Waals surface area contributed by atoms with Crippen molar-refractivity contribution in [3.63, 3.8) is 0 Å². The van der Waals surface area contributed by atoms with Gasteiger partial charge in [-0.1, -0.05) is 0 Å². The number of pyridine rings is 1. The smallest absolute Gasteiger partial charge is 0.218 e. The van der Waals surface area contributed by atoms with Crippen LogP contribution in [0.1, 0.15) is 54.9 Å². The third kappa shape index (κ3) is 4.17. The van der Waals surface area contributed by atoms with Crippen molar-refractivity contribution < 1.29 is 18.7 Å². The molecule has 1 aliphatic heterocycles. The van der Waals surface area contributed by atoms with Crippen LogP contribution in [-0.4, -0.2) is 60.4 Å². The van der Waals surface area contributed by atoms with E-state index in [1.807, 2.05) is 12.3 Å². The molecule has 1 amide bonds. The van der Waals surface area contributed by atoms with Gasteiger partial charge in [0.15, 0.2) is 0 Å². The van der Waals surface area contributed by atoms with Gasteiger partial charge in [-0.25, -0.2) is 9.37 Å². The van der Waals surface area contributed by atoms with Crippen molar-refractivity contribution in [2.45, 2.75) is 69.1 Å². The van der Waals surface area contributed by atoms with Gasteiger partial charge in [-0.15, -0.1) is 11.3 Å². The van der Waals surface area contributed by atoms with Crippen LogP contribution in [0.15, 0.2) is 12.3 Å². The number of carbonyl (C=O) groups excluding carboxylic acids is 1. The zero-order chi connectivity index (χ0) is 21.4. The molecule has 8 heteroatoms. The Kier molecular flexibility index (Phi) is 6.12. The van der Waals surface area contributed by atoms with Gasteiger partial charge in [-0.3, -0.25) is 9.69 Å². The summed E-state index contributed by atoms with van der Waals surface area (Å²) in [7, 11) is 0. The molecule has 0 bridgehead atoms. The lowest BCUT2D eigenvalue weighted by molar-refractivity contribution is -0.118. The number of aryl methyl sites for hydroxylation is 1. The van der Waals surface area contributed by atoms with E-state index in [2.05, 4.69) is 9.88 Å². The van der Waals surface area contributed by atoms with Crippen molar-refractivity contribution in [1.82, 2.24) is 9.88 Å². The number of fused-ring (bicyclic) bond motifs is 3. The molecule has 5 rings (SSSR count). The number of thiophene rings is 1. The van der Waals surface area contributed by atoms with Gasteiger partial charge in [0.2, 0.25) is 5.91 Å². The molecule has 2 N–H and O–H groups in total. The predicted octanol–water partition coefficient (Wildman–Crippen LogP) is 3.56. The standard InChI is InChI=1S/C23H30FN3O3S/c24-12-16-13-29-10-9-27(16)15-2-4-17(5-3-15)30-18-7-8-26-23-22(18)21-14(11-20(25)28)1-6-19(21)31-23/h7-8,14-17H,1-6,9-13H2,(H2,25,28)/t14-,15?,16+,17?/m1/s1. The molecule has 1 saturated heterocycles. The highest BCUT2D eigenvalue weighted by molar-refractivity contribution is 7.19. The maximum atomic E-state index is 13.4. The topological polar surface area (TPSA) is 77.7 Å². The molecule has 3 aliphatic rings. The Morgan fingerprint density at radius 1 is 1.32 bits per heavy atom. The Morgan fingerprint density at radius 2 is 2.16 bits per heavy atom. The first-order chi connectivity index (χ1) is 15.1. The van der Waals surface area contributed by atoms with Crippen LogP contribution < -0.4 is 10.5 Å². The molecule has 0 unspecified atom stereocenters. The van der Waals surface area contributed by atoms with Crippen molar-refractivity contribution in [2.75, 3.05) is 26.4 Å². The summed E-state index contributed by atoms with van der Waals surface area (Å²) >= 11 is 1.72. The largest absolute Gasteiger partial charge is 0.490 e. The Bertz CT molecular complexity index is 944. The fourth-order valence-corrected chi connectivity index (χ4v) is 6.89. The van der Waals surface area contributed by atoms with Crippen molar-refractivity contribution in [3.8, 4) is 5.75 Å². The van der Waals surface area contributed by atoms with Crippen LogP contribution in [0.25, 0.3) is 10.2 Å². The molecule has 0 spiro atoms. The number of nitrogens with zero attached hydrogens (tertiary/aromatic N) is 2. The lowest BCUT2D eigenvalue weighted by atomic mass is 9.90. The molecular weight excluding hydrogens is 417 g/mol. The second-order valence-corrected chi connectivity index (χ2v) is 10.1. The summed E-state index contributed by atoms with van der Waals surface area (Å²) in [5.41, 5.74) is 6.74. The van der Waals surface area contributed by atoms with E-state index in [4.69, 9.17) is 15.2 Å². The van der Waals surface area contributed by atoms with Crippen molar-refractivity contribution >= 4 is 27.5 Å². The average Bonchev–Trinajstić information content (AvgIpc) is 3.34. The van der Waals surface area contributed by atoms with Crippen LogP contribution in [0.3, 0.4) is 0 Å². The Morgan fingerprint density at radius 3 is 2.94 bits per heavy atom. The van der Waals surface area contributed by atoms with Crippen molar-refractivity contribution in [2.24, 2.45) is 5.73 Å². The van der Waals surface area contributed by atoms with Gasteiger partial charge in [0.25, 0.3) is 0 Å². The first-order valence-corrected chi connectivity index (χ1v) is 12.2. The number of hydrogen-bond acceptors (Lipinski definition) is 6. The summed E-state index contributed by atoms with van der Waals surface area (Å²) in [4.78, 5) is 20.8. The first kappa shape index (κ1) is 21.1. The van der Waals surface area contributed by atoms with E-state index in [0.29, 0.717) is 25.7 Å². The van der Waals surface area contributed by atoms with Gasteiger partial charge >= 0.3 is 0 Å². The van der Waals surface area contributed by atoms with E-state index in [0.717, 1.165) is 61.0 Å². The van der Waals surface area contributed by atoms with E-state index in [-0.39, 0.29) is 30.6 Å². The molecule has 0 aromatic carbocycles. The SMILES string of the molecule is NC(=O)C[C@H]1CCc2sc3nccc(OC4CCC(N5CCOC[C@@H]5CF)CC4)c3c21. The van der Waals surface area contributed by atoms with Crippen LogP contribution in [0, 0.1) is 0 Å². The fourth-order valence-electron chi connectivity index (χ4n) is 5.63. The molecule has 2 aromatic rings. The third-order valence-corrected chi connectivity index (χ3v) is 8.27. The number of ether oxygens (including phenoxy) is 2. The van der Waals surface area contributed by atoms with E-state index >= 15 is 0 Å². The molecule has 2 aliphatic carbocycles. The quantitative estimate of drug-likeness (QED) is 0.733. The number of halogens is 1. The van der Waals surface area contributed by atoms with Crippen molar-refractivity contribution in [1.29, 1.82) is 0 Å².